The molecule has 2 aliphatic rings. The van der Waals surface area contributed by atoms with Crippen LogP contribution in [0.3, 0.4) is 0 Å². The molecule has 1 N–H and O–H groups in total. The molecule has 2 heterocycles. The Bertz CT molecular complexity index is 1360. The number of rotatable bonds is 9. The monoisotopic (exact) mass is 537 g/mol. The minimum Gasteiger partial charge on any atom is -0.484 e. The zero-order valence-electron chi connectivity index (χ0n) is 21.2. The van der Waals surface area contributed by atoms with E-state index in [-0.39, 0.29) is 30.2 Å². The summed E-state index contributed by atoms with van der Waals surface area (Å²) in [5.74, 6) is 1.89. The van der Waals surface area contributed by atoms with Gasteiger partial charge in [-0.1, -0.05) is 36.4 Å². The van der Waals surface area contributed by atoms with Crippen molar-refractivity contribution < 1.29 is 27.4 Å². The number of sulfonamides is 1. The number of carbonyl (C=O) groups excluding carboxylic acids is 1. The van der Waals surface area contributed by atoms with Crippen molar-refractivity contribution in [2.75, 3.05) is 39.6 Å². The van der Waals surface area contributed by atoms with Gasteiger partial charge in [-0.25, -0.2) is 13.1 Å². The summed E-state index contributed by atoms with van der Waals surface area (Å²) in [6, 6.07) is 21.1. The summed E-state index contributed by atoms with van der Waals surface area (Å²) in [6.45, 7) is 5.51. The Kier molecular flexibility index (Phi) is 7.82. The number of benzene rings is 3. The van der Waals surface area contributed by atoms with E-state index in [0.29, 0.717) is 18.8 Å². The predicted octanol–water partition coefficient (Wildman–Crippen LogP) is 3.18. The molecule has 0 bridgehead atoms. The number of hydrogen-bond acceptors (Lipinski definition) is 7. The van der Waals surface area contributed by atoms with Crippen molar-refractivity contribution >= 4 is 15.9 Å². The number of ether oxygens (including phenoxy) is 3. The molecular formula is C28H31N3O6S. The molecule has 3 aromatic carbocycles. The van der Waals surface area contributed by atoms with E-state index in [1.165, 1.54) is 12.1 Å². The van der Waals surface area contributed by atoms with Gasteiger partial charge >= 0.3 is 0 Å². The first kappa shape index (κ1) is 26.0. The molecule has 9 nitrogen and oxygen atoms in total. The average molecular weight is 538 g/mol. The van der Waals surface area contributed by atoms with Gasteiger partial charge in [0.15, 0.2) is 18.1 Å². The average Bonchev–Trinajstić information content (AvgIpc) is 3.41. The molecule has 10 heteroatoms. The van der Waals surface area contributed by atoms with Crippen LogP contribution in [-0.2, 0) is 21.4 Å². The van der Waals surface area contributed by atoms with Gasteiger partial charge in [0, 0.05) is 38.8 Å². The molecule has 1 saturated heterocycles. The van der Waals surface area contributed by atoms with Gasteiger partial charge in [0.25, 0.3) is 5.91 Å². The van der Waals surface area contributed by atoms with Gasteiger partial charge in [-0.2, -0.15) is 0 Å². The van der Waals surface area contributed by atoms with E-state index in [0.717, 1.165) is 42.3 Å². The molecule has 0 unspecified atom stereocenters. The summed E-state index contributed by atoms with van der Waals surface area (Å²) in [5.41, 5.74) is 2.02. The smallest absolute Gasteiger partial charge is 0.260 e. The van der Waals surface area contributed by atoms with E-state index in [1.54, 1.807) is 24.0 Å². The maximum absolute atomic E-state index is 12.8. The number of amides is 1. The van der Waals surface area contributed by atoms with E-state index in [9.17, 15) is 13.2 Å². The molecule has 0 spiro atoms. The van der Waals surface area contributed by atoms with Crippen LogP contribution >= 0.6 is 0 Å². The first-order chi connectivity index (χ1) is 18.4. The lowest BCUT2D eigenvalue weighted by atomic mass is 10.1. The van der Waals surface area contributed by atoms with Crippen molar-refractivity contribution in [3.63, 3.8) is 0 Å². The van der Waals surface area contributed by atoms with Gasteiger partial charge in [-0.05, 0) is 54.4 Å². The van der Waals surface area contributed by atoms with Gasteiger partial charge in [0.1, 0.15) is 5.75 Å². The van der Waals surface area contributed by atoms with Gasteiger partial charge in [-0.15, -0.1) is 0 Å². The number of piperazine rings is 1. The Balaban J connectivity index is 1.07. The Morgan fingerprint density at radius 1 is 0.947 bits per heavy atom. The molecule has 3 aromatic rings. The molecule has 200 valence electrons. The molecule has 0 aliphatic carbocycles. The normalized spacial score (nSPS) is 16.3. The topological polar surface area (TPSA) is 97.4 Å². The van der Waals surface area contributed by atoms with Crippen molar-refractivity contribution in [2.45, 2.75) is 24.4 Å². The molecular weight excluding hydrogens is 506 g/mol. The standard InChI is InChI=1S/C28H31N3O6S/c1-21(23-5-3-2-4-6-23)29-38(33,34)25-10-8-24(9-11-25)35-19-28(32)31-15-13-30(14-16-31)18-22-7-12-26-27(17-22)37-20-36-26/h2-12,17,21,29H,13-16,18-20H2,1H3/t21-/m1/s1. The highest BCUT2D eigenvalue weighted by molar-refractivity contribution is 7.89. The number of carbonyl (C=O) groups is 1. The molecule has 1 fully saturated rings. The Hall–Kier alpha value is -3.60. The molecule has 0 radical (unpaired) electrons. The number of fused-ring (bicyclic) bond motifs is 1. The minimum absolute atomic E-state index is 0.0946. The van der Waals surface area contributed by atoms with Crippen molar-refractivity contribution in [3.05, 3.63) is 83.9 Å². The van der Waals surface area contributed by atoms with Gasteiger partial charge < -0.3 is 19.1 Å². The maximum Gasteiger partial charge on any atom is 0.260 e. The first-order valence-electron chi connectivity index (χ1n) is 12.6. The largest absolute Gasteiger partial charge is 0.484 e. The van der Waals surface area contributed by atoms with Crippen molar-refractivity contribution in [1.29, 1.82) is 0 Å². The fourth-order valence-electron chi connectivity index (χ4n) is 4.51. The lowest BCUT2D eigenvalue weighted by Crippen LogP contribution is -2.49. The van der Waals surface area contributed by atoms with E-state index < -0.39 is 10.0 Å². The van der Waals surface area contributed by atoms with E-state index >= 15 is 0 Å². The Labute approximate surface area is 223 Å². The molecule has 2 aliphatic heterocycles. The van der Waals surface area contributed by atoms with Gasteiger partial charge in [0.2, 0.25) is 16.8 Å². The van der Waals surface area contributed by atoms with Crippen LogP contribution in [0.5, 0.6) is 17.2 Å². The van der Waals surface area contributed by atoms with Gasteiger partial charge in [0.05, 0.1) is 4.90 Å². The Morgan fingerprint density at radius 2 is 1.66 bits per heavy atom. The highest BCUT2D eigenvalue weighted by Gasteiger charge is 2.23. The number of nitrogens with one attached hydrogen (secondary N) is 1. The first-order valence-corrected chi connectivity index (χ1v) is 14.0. The third kappa shape index (κ3) is 6.27. The van der Waals surface area contributed by atoms with Crippen molar-refractivity contribution in [1.82, 2.24) is 14.5 Å². The zero-order valence-corrected chi connectivity index (χ0v) is 22.0. The quantitative estimate of drug-likeness (QED) is 0.448. The SMILES string of the molecule is C[C@@H](NS(=O)(=O)c1ccc(OCC(=O)N2CCN(Cc3ccc4c(c3)OCO4)CC2)cc1)c1ccccc1. The second-order valence-corrected chi connectivity index (χ2v) is 11.1. The molecule has 0 aromatic heterocycles. The van der Waals surface area contributed by atoms with Crippen LogP contribution < -0.4 is 18.9 Å². The molecule has 1 amide bonds. The van der Waals surface area contributed by atoms with E-state index in [1.807, 2.05) is 48.5 Å². The molecule has 38 heavy (non-hydrogen) atoms. The lowest BCUT2D eigenvalue weighted by Gasteiger charge is -2.34. The fraction of sp³-hybridized carbons (Fsp3) is 0.321. The molecule has 0 saturated carbocycles. The van der Waals surface area contributed by atoms with E-state index in [2.05, 4.69) is 9.62 Å². The highest BCUT2D eigenvalue weighted by Crippen LogP contribution is 2.33. The highest BCUT2D eigenvalue weighted by atomic mass is 32.2. The zero-order chi connectivity index (χ0) is 26.5. The van der Waals surface area contributed by atoms with Crippen LogP contribution in [0.1, 0.15) is 24.1 Å². The van der Waals surface area contributed by atoms with Crippen LogP contribution in [0.15, 0.2) is 77.7 Å². The Morgan fingerprint density at radius 3 is 2.39 bits per heavy atom. The van der Waals surface area contributed by atoms with Crippen LogP contribution in [0.4, 0.5) is 0 Å². The second kappa shape index (κ2) is 11.4. The van der Waals surface area contributed by atoms with Crippen LogP contribution in [-0.4, -0.2) is 63.7 Å². The fourth-order valence-corrected chi connectivity index (χ4v) is 5.75. The van der Waals surface area contributed by atoms with Crippen LogP contribution in [0.25, 0.3) is 0 Å². The summed E-state index contributed by atoms with van der Waals surface area (Å²) >= 11 is 0. The molecule has 5 rings (SSSR count). The maximum atomic E-state index is 12.8. The third-order valence-electron chi connectivity index (χ3n) is 6.70. The van der Waals surface area contributed by atoms with E-state index in [4.69, 9.17) is 14.2 Å². The third-order valence-corrected chi connectivity index (χ3v) is 8.25. The molecule has 1 atom stereocenters. The lowest BCUT2D eigenvalue weighted by molar-refractivity contribution is -0.135. The van der Waals surface area contributed by atoms with Crippen molar-refractivity contribution in [2.24, 2.45) is 0 Å². The predicted molar refractivity (Wildman–Crippen MR) is 142 cm³/mol. The van der Waals surface area contributed by atoms with Gasteiger partial charge in [-0.3, -0.25) is 9.69 Å². The second-order valence-electron chi connectivity index (χ2n) is 9.36. The summed E-state index contributed by atoms with van der Waals surface area (Å²) < 4.78 is 44.7. The summed E-state index contributed by atoms with van der Waals surface area (Å²) in [4.78, 5) is 16.9. The summed E-state index contributed by atoms with van der Waals surface area (Å²) in [5, 5.41) is 0. The minimum atomic E-state index is -3.70. The van der Waals surface area contributed by atoms with Crippen LogP contribution in [0, 0.1) is 0 Å². The summed E-state index contributed by atoms with van der Waals surface area (Å²) in [6.07, 6.45) is 0. The number of hydrogen-bond donors (Lipinski definition) is 1. The summed E-state index contributed by atoms with van der Waals surface area (Å²) in [7, 11) is -3.70. The number of nitrogens with zero attached hydrogens (tertiary/aromatic N) is 2. The van der Waals surface area contributed by atoms with Crippen molar-refractivity contribution in [3.8, 4) is 17.2 Å². The van der Waals surface area contributed by atoms with Crippen LogP contribution in [0.2, 0.25) is 0 Å².